The van der Waals surface area contributed by atoms with Crippen LogP contribution in [0.1, 0.15) is 32.8 Å². The summed E-state index contributed by atoms with van der Waals surface area (Å²) in [4.78, 5) is 12.1. The average Bonchev–Trinajstić information content (AvgIpc) is 2.84. The lowest BCUT2D eigenvalue weighted by Gasteiger charge is -2.14. The maximum atomic E-state index is 12.1. The van der Waals surface area contributed by atoms with Crippen LogP contribution in [0.15, 0.2) is 24.3 Å². The predicted molar refractivity (Wildman–Crippen MR) is 80.6 cm³/mol. The molecule has 1 aliphatic rings. The Bertz CT molecular complexity index is 442. The van der Waals surface area contributed by atoms with E-state index >= 15 is 0 Å². The Kier molecular flexibility index (Phi) is 5.15. The lowest BCUT2D eigenvalue weighted by Crippen LogP contribution is -2.27. The number of hydrogen-bond acceptors (Lipinski definition) is 3. The van der Waals surface area contributed by atoms with Crippen molar-refractivity contribution in [3.63, 3.8) is 0 Å². The van der Waals surface area contributed by atoms with E-state index in [1.54, 1.807) is 0 Å². The van der Waals surface area contributed by atoms with Crippen molar-refractivity contribution in [2.45, 2.75) is 45.9 Å². The van der Waals surface area contributed by atoms with Crippen molar-refractivity contribution in [3.05, 3.63) is 29.8 Å². The third kappa shape index (κ3) is 4.05. The highest BCUT2D eigenvalue weighted by Crippen LogP contribution is 2.22. The standard InChI is InChI=1S/C16H24N2O2/c1-11(2)17-10-13-4-6-14(7-5-13)18-16(19)15-8-9-20-12(15)3/h4-7,11-12,15,17H,8-10H2,1-3H3,(H,18,19). The number of amides is 1. The van der Waals surface area contributed by atoms with Crippen molar-refractivity contribution < 1.29 is 9.53 Å². The summed E-state index contributed by atoms with van der Waals surface area (Å²) >= 11 is 0. The van der Waals surface area contributed by atoms with Crippen LogP contribution in [-0.4, -0.2) is 24.7 Å². The molecule has 0 aliphatic carbocycles. The number of carbonyl (C=O) groups is 1. The fraction of sp³-hybridized carbons (Fsp3) is 0.562. The Labute approximate surface area is 120 Å². The van der Waals surface area contributed by atoms with Crippen molar-refractivity contribution in [2.75, 3.05) is 11.9 Å². The molecule has 2 unspecified atom stereocenters. The van der Waals surface area contributed by atoms with Crippen molar-refractivity contribution in [3.8, 4) is 0 Å². The largest absolute Gasteiger partial charge is 0.378 e. The lowest BCUT2D eigenvalue weighted by atomic mass is 10.0. The van der Waals surface area contributed by atoms with Crippen LogP contribution in [0.5, 0.6) is 0 Å². The Hall–Kier alpha value is -1.39. The third-order valence-electron chi connectivity index (χ3n) is 3.65. The molecule has 0 aromatic heterocycles. The van der Waals surface area contributed by atoms with Gasteiger partial charge in [-0.3, -0.25) is 4.79 Å². The fourth-order valence-corrected chi connectivity index (χ4v) is 2.34. The molecule has 0 bridgehead atoms. The van der Waals surface area contributed by atoms with E-state index in [1.807, 2.05) is 31.2 Å². The smallest absolute Gasteiger partial charge is 0.230 e. The van der Waals surface area contributed by atoms with E-state index < -0.39 is 0 Å². The Balaban J connectivity index is 1.88. The number of hydrogen-bond donors (Lipinski definition) is 2. The Morgan fingerprint density at radius 1 is 1.35 bits per heavy atom. The van der Waals surface area contributed by atoms with Gasteiger partial charge < -0.3 is 15.4 Å². The summed E-state index contributed by atoms with van der Waals surface area (Å²) in [5.41, 5.74) is 2.07. The molecule has 110 valence electrons. The average molecular weight is 276 g/mol. The molecule has 0 spiro atoms. The Morgan fingerprint density at radius 2 is 2.05 bits per heavy atom. The number of rotatable bonds is 5. The quantitative estimate of drug-likeness (QED) is 0.869. The zero-order chi connectivity index (χ0) is 14.5. The number of benzene rings is 1. The van der Waals surface area contributed by atoms with E-state index in [-0.39, 0.29) is 17.9 Å². The van der Waals surface area contributed by atoms with E-state index in [4.69, 9.17) is 4.74 Å². The van der Waals surface area contributed by atoms with Gasteiger partial charge in [-0.1, -0.05) is 26.0 Å². The maximum Gasteiger partial charge on any atom is 0.230 e. The predicted octanol–water partition coefficient (Wildman–Crippen LogP) is 2.55. The molecule has 4 heteroatoms. The summed E-state index contributed by atoms with van der Waals surface area (Å²) in [5.74, 6) is 0.0281. The molecule has 0 saturated carbocycles. The highest BCUT2D eigenvalue weighted by atomic mass is 16.5. The van der Waals surface area contributed by atoms with E-state index in [9.17, 15) is 4.79 Å². The molecule has 1 amide bonds. The van der Waals surface area contributed by atoms with E-state index in [1.165, 1.54) is 5.56 Å². The van der Waals surface area contributed by atoms with Crippen molar-refractivity contribution >= 4 is 11.6 Å². The van der Waals surface area contributed by atoms with E-state index in [0.717, 1.165) is 18.7 Å². The topological polar surface area (TPSA) is 50.4 Å². The van der Waals surface area contributed by atoms with Crippen molar-refractivity contribution in [1.82, 2.24) is 5.32 Å². The maximum absolute atomic E-state index is 12.1. The van der Waals surface area contributed by atoms with Crippen LogP contribution >= 0.6 is 0 Å². The monoisotopic (exact) mass is 276 g/mol. The lowest BCUT2D eigenvalue weighted by molar-refractivity contribution is -0.121. The number of carbonyl (C=O) groups excluding carboxylic acids is 1. The second-order valence-corrected chi connectivity index (χ2v) is 5.69. The van der Waals surface area contributed by atoms with Crippen LogP contribution in [-0.2, 0) is 16.1 Å². The first-order chi connectivity index (χ1) is 9.56. The van der Waals surface area contributed by atoms with Crippen LogP contribution in [0.2, 0.25) is 0 Å². The van der Waals surface area contributed by atoms with E-state index in [2.05, 4.69) is 24.5 Å². The summed E-state index contributed by atoms with van der Waals surface area (Å²) in [6, 6.07) is 8.46. The van der Waals surface area contributed by atoms with Gasteiger partial charge in [-0.05, 0) is 31.0 Å². The van der Waals surface area contributed by atoms with Gasteiger partial charge in [0.25, 0.3) is 0 Å². The summed E-state index contributed by atoms with van der Waals surface area (Å²) in [5, 5.41) is 6.34. The van der Waals surface area contributed by atoms with Gasteiger partial charge in [-0.25, -0.2) is 0 Å². The van der Waals surface area contributed by atoms with Gasteiger partial charge in [0.1, 0.15) is 0 Å². The normalized spacial score (nSPS) is 22.2. The number of nitrogens with one attached hydrogen (secondary N) is 2. The number of anilines is 1. The molecule has 1 aromatic rings. The molecule has 1 aromatic carbocycles. The number of ether oxygens (including phenoxy) is 1. The highest BCUT2D eigenvalue weighted by Gasteiger charge is 2.30. The second kappa shape index (κ2) is 6.86. The van der Waals surface area contributed by atoms with Crippen LogP contribution < -0.4 is 10.6 Å². The van der Waals surface area contributed by atoms with Gasteiger partial charge in [0.2, 0.25) is 5.91 Å². The van der Waals surface area contributed by atoms with Gasteiger partial charge in [0, 0.05) is 24.9 Å². The molecule has 1 aliphatic heterocycles. The van der Waals surface area contributed by atoms with Crippen LogP contribution in [0.25, 0.3) is 0 Å². The molecule has 0 radical (unpaired) electrons. The third-order valence-corrected chi connectivity index (χ3v) is 3.65. The second-order valence-electron chi connectivity index (χ2n) is 5.69. The fourth-order valence-electron chi connectivity index (χ4n) is 2.34. The summed E-state index contributed by atoms with van der Waals surface area (Å²) in [6.45, 7) is 7.73. The molecule has 20 heavy (non-hydrogen) atoms. The molecule has 2 N–H and O–H groups in total. The highest BCUT2D eigenvalue weighted by molar-refractivity contribution is 5.93. The van der Waals surface area contributed by atoms with Gasteiger partial charge in [0.15, 0.2) is 0 Å². The molecule has 4 nitrogen and oxygen atoms in total. The van der Waals surface area contributed by atoms with E-state index in [0.29, 0.717) is 12.6 Å². The molecule has 2 rings (SSSR count). The summed E-state index contributed by atoms with van der Waals surface area (Å²) in [6.07, 6.45) is 0.827. The molecular weight excluding hydrogens is 252 g/mol. The van der Waals surface area contributed by atoms with Crippen LogP contribution in [0.4, 0.5) is 5.69 Å². The minimum atomic E-state index is -0.0303. The first-order valence-corrected chi connectivity index (χ1v) is 7.31. The zero-order valence-electron chi connectivity index (χ0n) is 12.5. The summed E-state index contributed by atoms with van der Waals surface area (Å²) in [7, 11) is 0. The van der Waals surface area contributed by atoms with Crippen LogP contribution in [0.3, 0.4) is 0 Å². The van der Waals surface area contributed by atoms with Gasteiger partial charge in [-0.2, -0.15) is 0 Å². The summed E-state index contributed by atoms with van der Waals surface area (Å²) < 4.78 is 5.43. The minimum Gasteiger partial charge on any atom is -0.378 e. The molecular formula is C16H24N2O2. The zero-order valence-corrected chi connectivity index (χ0v) is 12.5. The SMILES string of the molecule is CC(C)NCc1ccc(NC(=O)C2CCOC2C)cc1. The minimum absolute atomic E-state index is 0.0181. The first kappa shape index (κ1) is 15.0. The van der Waals surface area contributed by atoms with Crippen molar-refractivity contribution in [1.29, 1.82) is 0 Å². The van der Waals surface area contributed by atoms with Gasteiger partial charge >= 0.3 is 0 Å². The van der Waals surface area contributed by atoms with Gasteiger partial charge in [0.05, 0.1) is 12.0 Å². The molecule has 1 heterocycles. The molecule has 2 atom stereocenters. The molecule has 1 fully saturated rings. The van der Waals surface area contributed by atoms with Gasteiger partial charge in [-0.15, -0.1) is 0 Å². The van der Waals surface area contributed by atoms with Crippen molar-refractivity contribution in [2.24, 2.45) is 5.92 Å². The Morgan fingerprint density at radius 3 is 2.60 bits per heavy atom. The first-order valence-electron chi connectivity index (χ1n) is 7.31. The van der Waals surface area contributed by atoms with Crippen LogP contribution in [0, 0.1) is 5.92 Å². The molecule has 1 saturated heterocycles.